The maximum Gasteiger partial charge on any atom is 0.331 e. The summed E-state index contributed by atoms with van der Waals surface area (Å²) in [7, 11) is 2.72. The van der Waals surface area contributed by atoms with E-state index in [1.165, 1.54) is 38.4 Å². The molecule has 0 saturated carbocycles. The first-order valence-corrected chi connectivity index (χ1v) is 7.71. The lowest BCUT2D eigenvalue weighted by molar-refractivity contribution is 0.464. The molecule has 10 heteroatoms. The van der Waals surface area contributed by atoms with Crippen molar-refractivity contribution < 1.29 is 8.81 Å². The van der Waals surface area contributed by atoms with E-state index in [1.807, 2.05) is 0 Å². The monoisotopic (exact) mass is 359 g/mol. The fourth-order valence-corrected chi connectivity index (χ4v) is 2.90. The largest absolute Gasteiger partial charge is 0.411 e. The molecule has 0 fully saturated rings. The Morgan fingerprint density at radius 2 is 1.84 bits per heavy atom. The zero-order chi connectivity index (χ0) is 18.1. The van der Waals surface area contributed by atoms with E-state index >= 15 is 0 Å². The van der Waals surface area contributed by atoms with Crippen molar-refractivity contribution in [2.24, 2.45) is 14.1 Å². The van der Waals surface area contributed by atoms with Crippen LogP contribution in [0, 0.1) is 17.1 Å². The third kappa shape index (κ3) is 2.97. The Kier molecular flexibility index (Phi) is 4.24. The van der Waals surface area contributed by atoms with Gasteiger partial charge in [0, 0.05) is 19.7 Å². The summed E-state index contributed by atoms with van der Waals surface area (Å²) < 4.78 is 20.4. The van der Waals surface area contributed by atoms with Crippen molar-refractivity contribution in [3.63, 3.8) is 0 Å². The number of rotatable bonds is 3. The average molecular weight is 359 g/mol. The van der Waals surface area contributed by atoms with Crippen molar-refractivity contribution in [3.05, 3.63) is 56.5 Å². The van der Waals surface area contributed by atoms with E-state index in [-0.39, 0.29) is 21.7 Å². The molecule has 126 valence electrons. The highest BCUT2D eigenvalue weighted by atomic mass is 32.2. The SMILES string of the molecule is Cn1c(Sc2nnc(-c3ccc(F)cc3)o2)c(C#N)c(=O)n(C)c1=O. The van der Waals surface area contributed by atoms with Crippen LogP contribution >= 0.6 is 11.8 Å². The van der Waals surface area contributed by atoms with Gasteiger partial charge >= 0.3 is 5.69 Å². The second kappa shape index (κ2) is 6.37. The summed E-state index contributed by atoms with van der Waals surface area (Å²) in [5.41, 5.74) is -0.966. The van der Waals surface area contributed by atoms with Gasteiger partial charge in [-0.1, -0.05) is 0 Å². The standard InChI is InChI=1S/C15H10FN5O3S/c1-20-12(22)10(7-17)13(21(2)15(20)23)25-14-19-18-11(24-14)8-3-5-9(16)6-4-8/h3-6H,1-2H3. The van der Waals surface area contributed by atoms with E-state index in [9.17, 15) is 19.2 Å². The van der Waals surface area contributed by atoms with Gasteiger partial charge in [0.2, 0.25) is 5.89 Å². The molecule has 0 radical (unpaired) electrons. The third-order valence-electron chi connectivity index (χ3n) is 3.40. The molecule has 3 aromatic rings. The fourth-order valence-electron chi connectivity index (χ4n) is 2.08. The van der Waals surface area contributed by atoms with Gasteiger partial charge in [0.05, 0.1) is 0 Å². The quantitative estimate of drug-likeness (QED) is 0.649. The van der Waals surface area contributed by atoms with Crippen LogP contribution in [0.2, 0.25) is 0 Å². The average Bonchev–Trinajstić information content (AvgIpc) is 3.07. The van der Waals surface area contributed by atoms with Crippen molar-refractivity contribution in [2.45, 2.75) is 10.2 Å². The molecule has 0 amide bonds. The molecule has 0 unspecified atom stereocenters. The number of nitrogens with zero attached hydrogens (tertiary/aromatic N) is 5. The van der Waals surface area contributed by atoms with E-state index in [4.69, 9.17) is 4.42 Å². The Hall–Kier alpha value is -3.19. The van der Waals surface area contributed by atoms with Gasteiger partial charge in [0.1, 0.15) is 22.5 Å². The minimum absolute atomic E-state index is 0.0408. The molecule has 1 aromatic carbocycles. The van der Waals surface area contributed by atoms with Gasteiger partial charge in [-0.15, -0.1) is 10.2 Å². The molecule has 2 heterocycles. The maximum absolute atomic E-state index is 13.0. The molecule has 0 bridgehead atoms. The third-order valence-corrected chi connectivity index (χ3v) is 4.42. The minimum atomic E-state index is -0.702. The van der Waals surface area contributed by atoms with E-state index in [0.717, 1.165) is 20.9 Å². The van der Waals surface area contributed by atoms with Crippen LogP contribution in [0.4, 0.5) is 4.39 Å². The summed E-state index contributed by atoms with van der Waals surface area (Å²) in [5, 5.41) is 17.0. The van der Waals surface area contributed by atoms with Crippen LogP contribution in [0.5, 0.6) is 0 Å². The Balaban J connectivity index is 2.02. The lowest BCUT2D eigenvalue weighted by Crippen LogP contribution is -2.39. The number of aromatic nitrogens is 4. The summed E-state index contributed by atoms with van der Waals surface area (Å²) in [4.78, 5) is 24.1. The molecule has 3 rings (SSSR count). The van der Waals surface area contributed by atoms with Crippen molar-refractivity contribution in [1.29, 1.82) is 5.26 Å². The summed E-state index contributed by atoms with van der Waals surface area (Å²) in [6.07, 6.45) is 0. The first-order chi connectivity index (χ1) is 11.9. The summed E-state index contributed by atoms with van der Waals surface area (Å²) in [5.74, 6) is -0.249. The number of benzene rings is 1. The van der Waals surface area contributed by atoms with Gasteiger partial charge in [-0.05, 0) is 36.0 Å². The molecule has 2 aromatic heterocycles. The lowest BCUT2D eigenvalue weighted by Gasteiger charge is -2.08. The lowest BCUT2D eigenvalue weighted by atomic mass is 10.2. The second-order valence-electron chi connectivity index (χ2n) is 4.98. The van der Waals surface area contributed by atoms with Crippen LogP contribution in [0.3, 0.4) is 0 Å². The van der Waals surface area contributed by atoms with E-state index in [1.54, 1.807) is 6.07 Å². The summed E-state index contributed by atoms with van der Waals surface area (Å²) >= 11 is 0.834. The van der Waals surface area contributed by atoms with Crippen molar-refractivity contribution in [3.8, 4) is 17.5 Å². The molecule has 0 aliphatic carbocycles. The second-order valence-corrected chi connectivity index (χ2v) is 5.92. The number of hydrogen-bond acceptors (Lipinski definition) is 7. The topological polar surface area (TPSA) is 107 Å². The minimum Gasteiger partial charge on any atom is -0.411 e. The number of halogens is 1. The smallest absolute Gasteiger partial charge is 0.331 e. The summed E-state index contributed by atoms with van der Waals surface area (Å²) in [6.45, 7) is 0. The van der Waals surface area contributed by atoms with Crippen molar-refractivity contribution in [2.75, 3.05) is 0 Å². The first-order valence-electron chi connectivity index (χ1n) is 6.89. The van der Waals surface area contributed by atoms with Crippen molar-refractivity contribution in [1.82, 2.24) is 19.3 Å². The van der Waals surface area contributed by atoms with Crippen LogP contribution in [0.25, 0.3) is 11.5 Å². The molecule has 0 atom stereocenters. The highest BCUT2D eigenvalue weighted by molar-refractivity contribution is 7.99. The highest BCUT2D eigenvalue weighted by Crippen LogP contribution is 2.29. The molecule has 0 aliphatic rings. The predicted octanol–water partition coefficient (Wildman–Crippen LogP) is 1.30. The molecular weight excluding hydrogens is 349 g/mol. The molecule has 25 heavy (non-hydrogen) atoms. The van der Waals surface area contributed by atoms with E-state index < -0.39 is 17.1 Å². The van der Waals surface area contributed by atoms with Gasteiger partial charge < -0.3 is 4.42 Å². The Bertz CT molecular complexity index is 1110. The highest BCUT2D eigenvalue weighted by Gasteiger charge is 2.19. The van der Waals surface area contributed by atoms with Gasteiger partial charge in [0.15, 0.2) is 0 Å². The Labute approximate surface area is 144 Å². The summed E-state index contributed by atoms with van der Waals surface area (Å²) in [6, 6.07) is 7.26. The van der Waals surface area contributed by atoms with Crippen LogP contribution in [0.15, 0.2) is 48.5 Å². The van der Waals surface area contributed by atoms with Gasteiger partial charge in [-0.2, -0.15) is 5.26 Å². The van der Waals surface area contributed by atoms with E-state index in [0.29, 0.717) is 5.56 Å². The molecule has 0 aliphatic heterocycles. The van der Waals surface area contributed by atoms with Crippen molar-refractivity contribution >= 4 is 11.8 Å². The van der Waals surface area contributed by atoms with Gasteiger partial charge in [-0.25, -0.2) is 9.18 Å². The fraction of sp³-hybridized carbons (Fsp3) is 0.133. The Morgan fingerprint density at radius 3 is 2.48 bits per heavy atom. The number of hydrogen-bond donors (Lipinski definition) is 0. The first kappa shape index (κ1) is 16.7. The van der Waals surface area contributed by atoms with Crippen LogP contribution in [-0.2, 0) is 14.1 Å². The van der Waals surface area contributed by atoms with Gasteiger partial charge in [0.25, 0.3) is 10.8 Å². The van der Waals surface area contributed by atoms with Crippen LogP contribution < -0.4 is 11.2 Å². The maximum atomic E-state index is 13.0. The predicted molar refractivity (Wildman–Crippen MR) is 85.5 cm³/mol. The van der Waals surface area contributed by atoms with E-state index in [2.05, 4.69) is 10.2 Å². The zero-order valence-corrected chi connectivity index (χ0v) is 13.9. The normalized spacial score (nSPS) is 10.6. The van der Waals surface area contributed by atoms with Crippen LogP contribution in [0.1, 0.15) is 5.56 Å². The van der Waals surface area contributed by atoms with Gasteiger partial charge in [-0.3, -0.25) is 13.9 Å². The number of nitriles is 1. The molecular formula is C15H10FN5O3S. The Morgan fingerprint density at radius 1 is 1.16 bits per heavy atom. The molecule has 0 spiro atoms. The zero-order valence-electron chi connectivity index (χ0n) is 13.1. The molecule has 0 saturated heterocycles. The molecule has 8 nitrogen and oxygen atoms in total. The van der Waals surface area contributed by atoms with Crippen LogP contribution in [-0.4, -0.2) is 19.3 Å². The molecule has 0 N–H and O–H groups in total.